The third-order valence-corrected chi connectivity index (χ3v) is 18.4. The zero-order valence-corrected chi connectivity index (χ0v) is 42.8. The molecule has 3 N–H and O–H groups in total. The number of hydrogen-bond acceptors (Lipinski definition) is 11. The normalized spacial score (nSPS) is 26.8. The second-order valence-corrected chi connectivity index (χ2v) is 23.3. The van der Waals surface area contributed by atoms with E-state index >= 15 is 4.79 Å². The van der Waals surface area contributed by atoms with Crippen molar-refractivity contribution in [2.75, 3.05) is 60.9 Å². The van der Waals surface area contributed by atoms with Crippen LogP contribution in [0.5, 0.6) is 0 Å². The molecule has 5 aliphatic heterocycles. The fraction of sp³-hybridized carbons (Fsp3) is 0.614. The van der Waals surface area contributed by atoms with Crippen LogP contribution >= 0.6 is 0 Å². The molecule has 1 atom stereocenters. The zero-order chi connectivity index (χ0) is 50.0. The Morgan fingerprint density at radius 1 is 0.808 bits per heavy atom. The van der Waals surface area contributed by atoms with E-state index in [1.165, 1.54) is 19.3 Å². The summed E-state index contributed by atoms with van der Waals surface area (Å²) in [7, 11) is 0. The number of anilines is 3. The molecule has 4 aromatic rings. The summed E-state index contributed by atoms with van der Waals surface area (Å²) in [6.45, 7) is 9.92. The smallest absolute Gasteiger partial charge is 0.238 e. The molecule has 3 aliphatic carbocycles. The molecule has 16 heteroatoms. The van der Waals surface area contributed by atoms with Crippen LogP contribution in [0.4, 0.5) is 17.3 Å². The van der Waals surface area contributed by atoms with Gasteiger partial charge in [-0.2, -0.15) is 0 Å². The third-order valence-electron chi connectivity index (χ3n) is 18.4. The number of imide groups is 1. The van der Waals surface area contributed by atoms with Crippen LogP contribution < -0.4 is 25.8 Å². The summed E-state index contributed by atoms with van der Waals surface area (Å²) < 4.78 is 2.20. The van der Waals surface area contributed by atoms with Crippen molar-refractivity contribution in [1.29, 1.82) is 0 Å². The van der Waals surface area contributed by atoms with E-state index in [9.17, 15) is 19.2 Å². The topological polar surface area (TPSA) is 178 Å². The predicted molar refractivity (Wildman–Crippen MR) is 280 cm³/mol. The van der Waals surface area contributed by atoms with Crippen LogP contribution in [0.3, 0.4) is 0 Å². The molecule has 16 nitrogen and oxygen atoms in total. The van der Waals surface area contributed by atoms with Crippen LogP contribution in [0.25, 0.3) is 22.3 Å². The Hall–Kier alpha value is -5.90. The molecule has 386 valence electrons. The van der Waals surface area contributed by atoms with Crippen LogP contribution in [0.15, 0.2) is 48.9 Å². The van der Waals surface area contributed by atoms with Gasteiger partial charge >= 0.3 is 0 Å². The minimum atomic E-state index is -0.651. The maximum atomic E-state index is 15.2. The van der Waals surface area contributed by atoms with Crippen molar-refractivity contribution in [3.05, 3.63) is 60.0 Å². The summed E-state index contributed by atoms with van der Waals surface area (Å²) in [5.41, 5.74) is 6.12. The Balaban J connectivity index is 0.662. The monoisotopic (exact) mass is 992 g/mol. The number of carbonyl (C=O) groups excluding carboxylic acids is 5. The number of benzene rings is 1. The van der Waals surface area contributed by atoms with Crippen molar-refractivity contribution in [2.45, 2.75) is 159 Å². The number of fused-ring (bicyclic) bond motifs is 3. The van der Waals surface area contributed by atoms with E-state index < -0.39 is 5.41 Å². The van der Waals surface area contributed by atoms with Gasteiger partial charge in [0.05, 0.1) is 28.9 Å². The van der Waals surface area contributed by atoms with Gasteiger partial charge in [0.15, 0.2) is 5.82 Å². The van der Waals surface area contributed by atoms with Crippen LogP contribution in [0, 0.1) is 17.8 Å². The number of piperidine rings is 4. The lowest BCUT2D eigenvalue weighted by molar-refractivity contribution is -0.140. The van der Waals surface area contributed by atoms with Crippen molar-refractivity contribution >= 4 is 57.9 Å². The minimum absolute atomic E-state index is 0.0274. The van der Waals surface area contributed by atoms with E-state index in [4.69, 9.17) is 9.97 Å². The molecule has 0 bridgehead atoms. The maximum Gasteiger partial charge on any atom is 0.238 e. The number of aromatic nitrogens is 4. The van der Waals surface area contributed by atoms with Gasteiger partial charge in [0.1, 0.15) is 11.3 Å². The highest BCUT2D eigenvalue weighted by Gasteiger charge is 2.56. The highest BCUT2D eigenvalue weighted by atomic mass is 16.2. The molecule has 5 amide bonds. The molecule has 3 saturated carbocycles. The zero-order valence-electron chi connectivity index (χ0n) is 42.8. The SMILES string of the molecule is CC(C)n1cnc2cc(-c3ccc4c(c3)N(C3CC(N5CCCCC5)C3)C(=O)C43CCN(C(=O)C4CCC(CNC(=O)C5CCN(c6ccc(C7CCC(=O)NC7=O)cn6)CC5)CC4)CC3)nc(NC3CC3)c21. The summed E-state index contributed by atoms with van der Waals surface area (Å²) in [4.78, 5) is 90.6. The quantitative estimate of drug-likeness (QED) is 0.122. The average Bonchev–Trinajstić information content (AvgIpc) is 4.07. The molecular formula is C57H73N11O5. The summed E-state index contributed by atoms with van der Waals surface area (Å²) in [5, 5.41) is 9.40. The molecule has 1 spiro atoms. The molecule has 0 radical (unpaired) electrons. The van der Waals surface area contributed by atoms with Crippen molar-refractivity contribution in [2.24, 2.45) is 17.8 Å². The van der Waals surface area contributed by atoms with Crippen molar-refractivity contribution in [3.8, 4) is 11.3 Å². The predicted octanol–water partition coefficient (Wildman–Crippen LogP) is 7.23. The molecular weight excluding hydrogens is 919 g/mol. The Bertz CT molecular complexity index is 2750. The van der Waals surface area contributed by atoms with E-state index in [1.54, 1.807) is 6.20 Å². The largest absolute Gasteiger partial charge is 0.366 e. The van der Waals surface area contributed by atoms with Gasteiger partial charge in [-0.3, -0.25) is 29.3 Å². The number of likely N-dealkylation sites (tertiary alicyclic amines) is 2. The number of carbonyl (C=O) groups is 5. The van der Waals surface area contributed by atoms with Gasteiger partial charge in [0, 0.05) is 92.6 Å². The molecule has 1 aromatic carbocycles. The van der Waals surface area contributed by atoms with Crippen molar-refractivity contribution in [1.82, 2.24) is 40.0 Å². The van der Waals surface area contributed by atoms with Gasteiger partial charge < -0.3 is 34.8 Å². The summed E-state index contributed by atoms with van der Waals surface area (Å²) in [5.74, 6) is 1.70. The highest BCUT2D eigenvalue weighted by Crippen LogP contribution is 2.52. The number of amides is 5. The van der Waals surface area contributed by atoms with E-state index in [0.29, 0.717) is 63.3 Å². The first-order valence-corrected chi connectivity index (χ1v) is 28.0. The molecule has 1 unspecified atom stereocenters. The van der Waals surface area contributed by atoms with Crippen LogP contribution in [0.1, 0.15) is 146 Å². The molecule has 4 saturated heterocycles. The minimum Gasteiger partial charge on any atom is -0.366 e. The van der Waals surface area contributed by atoms with Gasteiger partial charge in [-0.1, -0.05) is 24.6 Å². The first kappa shape index (κ1) is 48.1. The van der Waals surface area contributed by atoms with Gasteiger partial charge in [0.2, 0.25) is 29.5 Å². The standard InChI is InChI=1S/C57H73N11O5/c1-35(2)67-34-60-47-31-46(62-52(51(47)67)61-41-12-13-41)39-10-15-45-48(28-39)68(43-29-42(30-43)64-22-4-3-5-23-64)56(73)57(45)20-26-66(27-21-57)55(72)38-8-6-36(7-9-38)32-59-53(70)37-18-24-65(25-19-37)49-16-11-40(33-58-49)44-14-17-50(69)63-54(44)71/h10-11,15-16,28,31,33-38,41-44H,3-9,12-14,17-27,29-30,32H2,1-2H3,(H,59,70)(H,61,62)(H,63,69,71). The van der Waals surface area contributed by atoms with E-state index in [-0.39, 0.29) is 59.4 Å². The second-order valence-electron chi connectivity index (χ2n) is 23.3. The molecule has 73 heavy (non-hydrogen) atoms. The summed E-state index contributed by atoms with van der Waals surface area (Å²) >= 11 is 0. The molecule has 3 aromatic heterocycles. The number of rotatable bonds is 12. The highest BCUT2D eigenvalue weighted by molar-refractivity contribution is 6.09. The number of imidazole rings is 1. The van der Waals surface area contributed by atoms with Crippen LogP contribution in [-0.2, 0) is 29.4 Å². The molecule has 8 aliphatic rings. The lowest BCUT2D eigenvalue weighted by atomic mass is 9.73. The Morgan fingerprint density at radius 3 is 2.27 bits per heavy atom. The fourth-order valence-corrected chi connectivity index (χ4v) is 13.6. The van der Waals surface area contributed by atoms with Crippen LogP contribution in [0.2, 0.25) is 0 Å². The van der Waals surface area contributed by atoms with Crippen molar-refractivity contribution in [3.63, 3.8) is 0 Å². The fourth-order valence-electron chi connectivity index (χ4n) is 13.6. The Labute approximate surface area is 428 Å². The molecule has 12 rings (SSSR count). The van der Waals surface area contributed by atoms with Gasteiger partial charge in [-0.05, 0) is 158 Å². The third kappa shape index (κ3) is 9.28. The second kappa shape index (κ2) is 19.7. The van der Waals surface area contributed by atoms with Gasteiger partial charge in [-0.15, -0.1) is 0 Å². The first-order valence-electron chi connectivity index (χ1n) is 28.0. The summed E-state index contributed by atoms with van der Waals surface area (Å²) in [6.07, 6.45) is 18.8. The lowest BCUT2D eigenvalue weighted by Crippen LogP contribution is -2.58. The molecule has 7 fully saturated rings. The number of nitrogens with one attached hydrogen (secondary N) is 3. The van der Waals surface area contributed by atoms with Crippen molar-refractivity contribution < 1.29 is 24.0 Å². The Kier molecular flexibility index (Phi) is 13.0. The number of nitrogens with zero attached hydrogens (tertiary/aromatic N) is 8. The van der Waals surface area contributed by atoms with E-state index in [0.717, 1.165) is 141 Å². The maximum absolute atomic E-state index is 15.2. The van der Waals surface area contributed by atoms with E-state index in [1.807, 2.05) is 18.5 Å². The average molecular weight is 992 g/mol. The number of pyridine rings is 2. The first-order chi connectivity index (χ1) is 35.5. The van der Waals surface area contributed by atoms with E-state index in [2.05, 4.69) is 83.2 Å². The Morgan fingerprint density at radius 2 is 1.58 bits per heavy atom. The summed E-state index contributed by atoms with van der Waals surface area (Å²) in [6, 6.07) is 14.0. The molecule has 8 heterocycles. The number of hydrogen-bond donors (Lipinski definition) is 3. The van der Waals surface area contributed by atoms with Crippen LogP contribution in [-0.4, -0.2) is 123 Å². The van der Waals surface area contributed by atoms with Gasteiger partial charge in [0.25, 0.3) is 0 Å². The van der Waals surface area contributed by atoms with Gasteiger partial charge in [-0.25, -0.2) is 15.0 Å². The lowest BCUT2D eigenvalue weighted by Gasteiger charge is -2.48.